The SMILES string of the molecule is Cc1cccc(CCn2cncc2C(N)C(C)C)c1. The van der Waals surface area contributed by atoms with Gasteiger partial charge in [-0.2, -0.15) is 0 Å². The van der Waals surface area contributed by atoms with Crippen LogP contribution in [0.3, 0.4) is 0 Å². The monoisotopic (exact) mass is 257 g/mol. The van der Waals surface area contributed by atoms with Crippen LogP contribution in [-0.2, 0) is 13.0 Å². The van der Waals surface area contributed by atoms with Gasteiger partial charge in [-0.25, -0.2) is 4.98 Å². The lowest BCUT2D eigenvalue weighted by molar-refractivity contribution is 0.477. The summed E-state index contributed by atoms with van der Waals surface area (Å²) < 4.78 is 2.17. The summed E-state index contributed by atoms with van der Waals surface area (Å²) in [5.41, 5.74) is 10.0. The van der Waals surface area contributed by atoms with Crippen LogP contribution in [0.4, 0.5) is 0 Å². The predicted molar refractivity (Wildman–Crippen MR) is 78.9 cm³/mol. The van der Waals surface area contributed by atoms with Gasteiger partial charge in [0.05, 0.1) is 12.0 Å². The molecular formula is C16H23N3. The number of rotatable bonds is 5. The molecule has 0 bridgehead atoms. The summed E-state index contributed by atoms with van der Waals surface area (Å²) in [5, 5.41) is 0. The van der Waals surface area contributed by atoms with Gasteiger partial charge in [-0.1, -0.05) is 43.7 Å². The van der Waals surface area contributed by atoms with E-state index in [1.807, 2.05) is 12.5 Å². The second-order valence-electron chi connectivity index (χ2n) is 5.52. The summed E-state index contributed by atoms with van der Waals surface area (Å²) >= 11 is 0. The van der Waals surface area contributed by atoms with Crippen molar-refractivity contribution < 1.29 is 0 Å². The first-order chi connectivity index (χ1) is 9.08. The molecule has 2 rings (SSSR count). The number of hydrogen-bond donors (Lipinski definition) is 1. The number of benzene rings is 1. The molecule has 19 heavy (non-hydrogen) atoms. The molecule has 1 aromatic heterocycles. The van der Waals surface area contributed by atoms with Crippen LogP contribution in [0.15, 0.2) is 36.8 Å². The summed E-state index contributed by atoms with van der Waals surface area (Å²) in [7, 11) is 0. The molecule has 0 aliphatic rings. The fourth-order valence-corrected chi connectivity index (χ4v) is 2.25. The summed E-state index contributed by atoms with van der Waals surface area (Å²) in [6.45, 7) is 7.34. The minimum Gasteiger partial charge on any atom is -0.333 e. The maximum atomic E-state index is 6.22. The highest BCUT2D eigenvalue weighted by molar-refractivity contribution is 5.22. The second kappa shape index (κ2) is 6.02. The van der Waals surface area contributed by atoms with Crippen molar-refractivity contribution in [2.75, 3.05) is 0 Å². The lowest BCUT2D eigenvalue weighted by Gasteiger charge is -2.17. The lowest BCUT2D eigenvalue weighted by Crippen LogP contribution is -2.20. The first-order valence-corrected chi connectivity index (χ1v) is 6.89. The highest BCUT2D eigenvalue weighted by atomic mass is 15.1. The number of nitrogens with two attached hydrogens (primary N) is 1. The third-order valence-electron chi connectivity index (χ3n) is 3.53. The van der Waals surface area contributed by atoms with E-state index in [1.165, 1.54) is 11.1 Å². The van der Waals surface area contributed by atoms with E-state index >= 15 is 0 Å². The Labute approximate surface area is 115 Å². The van der Waals surface area contributed by atoms with E-state index in [-0.39, 0.29) is 6.04 Å². The van der Waals surface area contributed by atoms with Gasteiger partial charge in [0.1, 0.15) is 0 Å². The Balaban J connectivity index is 2.06. The fourth-order valence-electron chi connectivity index (χ4n) is 2.25. The van der Waals surface area contributed by atoms with Crippen molar-refractivity contribution in [2.24, 2.45) is 11.7 Å². The zero-order valence-corrected chi connectivity index (χ0v) is 12.0. The largest absolute Gasteiger partial charge is 0.333 e. The predicted octanol–water partition coefficient (Wildman–Crippen LogP) is 3.09. The molecule has 2 aromatic rings. The normalized spacial score (nSPS) is 12.9. The average molecular weight is 257 g/mol. The van der Waals surface area contributed by atoms with Crippen molar-refractivity contribution in [3.8, 4) is 0 Å². The molecule has 3 heteroatoms. The van der Waals surface area contributed by atoms with Crippen LogP contribution in [0.1, 0.15) is 36.7 Å². The van der Waals surface area contributed by atoms with Crippen molar-refractivity contribution in [3.63, 3.8) is 0 Å². The van der Waals surface area contributed by atoms with Crippen molar-refractivity contribution in [3.05, 3.63) is 53.6 Å². The van der Waals surface area contributed by atoms with Crippen molar-refractivity contribution in [1.82, 2.24) is 9.55 Å². The Bertz CT molecular complexity index is 528. The molecule has 102 valence electrons. The zero-order valence-electron chi connectivity index (χ0n) is 12.0. The molecule has 1 unspecified atom stereocenters. The summed E-state index contributed by atoms with van der Waals surface area (Å²) in [4.78, 5) is 4.24. The van der Waals surface area contributed by atoms with Crippen LogP contribution in [0.2, 0.25) is 0 Å². The first-order valence-electron chi connectivity index (χ1n) is 6.89. The van der Waals surface area contributed by atoms with E-state index in [4.69, 9.17) is 5.73 Å². The number of imidazole rings is 1. The second-order valence-corrected chi connectivity index (χ2v) is 5.52. The standard InChI is InChI=1S/C16H23N3/c1-12(2)16(17)15-10-18-11-19(15)8-7-14-6-4-5-13(3)9-14/h4-6,9-12,16H,7-8,17H2,1-3H3. The molecule has 1 aromatic carbocycles. The van der Waals surface area contributed by atoms with Crippen molar-refractivity contribution >= 4 is 0 Å². The molecule has 1 heterocycles. The van der Waals surface area contributed by atoms with E-state index < -0.39 is 0 Å². The summed E-state index contributed by atoms with van der Waals surface area (Å²) in [6.07, 6.45) is 4.78. The Morgan fingerprint density at radius 1 is 1.32 bits per heavy atom. The third-order valence-corrected chi connectivity index (χ3v) is 3.53. The first kappa shape index (κ1) is 13.8. The van der Waals surface area contributed by atoms with Crippen LogP contribution in [-0.4, -0.2) is 9.55 Å². The summed E-state index contributed by atoms with van der Waals surface area (Å²) in [5.74, 6) is 0.425. The molecule has 2 N–H and O–H groups in total. The Morgan fingerprint density at radius 3 is 2.79 bits per heavy atom. The van der Waals surface area contributed by atoms with Gasteiger partial charge < -0.3 is 10.3 Å². The van der Waals surface area contributed by atoms with Gasteiger partial charge in [0.2, 0.25) is 0 Å². The van der Waals surface area contributed by atoms with Gasteiger partial charge in [-0.15, -0.1) is 0 Å². The number of aromatic nitrogens is 2. The van der Waals surface area contributed by atoms with E-state index in [1.54, 1.807) is 0 Å². The molecule has 0 saturated carbocycles. The highest BCUT2D eigenvalue weighted by Crippen LogP contribution is 2.18. The molecule has 1 atom stereocenters. The van der Waals surface area contributed by atoms with E-state index in [0.717, 1.165) is 18.7 Å². The average Bonchev–Trinajstić information content (AvgIpc) is 2.83. The molecule has 0 saturated heterocycles. The lowest BCUT2D eigenvalue weighted by atomic mass is 10.0. The molecular weight excluding hydrogens is 234 g/mol. The molecule has 0 aliphatic carbocycles. The quantitative estimate of drug-likeness (QED) is 0.894. The van der Waals surface area contributed by atoms with Gasteiger partial charge in [0, 0.05) is 18.8 Å². The fraction of sp³-hybridized carbons (Fsp3) is 0.438. The van der Waals surface area contributed by atoms with Gasteiger partial charge in [-0.3, -0.25) is 0 Å². The van der Waals surface area contributed by atoms with E-state index in [2.05, 4.69) is 54.6 Å². The van der Waals surface area contributed by atoms with Gasteiger partial charge >= 0.3 is 0 Å². The minimum absolute atomic E-state index is 0.0556. The topological polar surface area (TPSA) is 43.8 Å². The third kappa shape index (κ3) is 3.44. The Hall–Kier alpha value is -1.61. The maximum Gasteiger partial charge on any atom is 0.0948 e. The molecule has 0 aliphatic heterocycles. The van der Waals surface area contributed by atoms with E-state index in [9.17, 15) is 0 Å². The van der Waals surface area contributed by atoms with Crippen molar-refractivity contribution in [1.29, 1.82) is 0 Å². The molecule has 0 spiro atoms. The van der Waals surface area contributed by atoms with Crippen LogP contribution in [0.5, 0.6) is 0 Å². The smallest absolute Gasteiger partial charge is 0.0948 e. The van der Waals surface area contributed by atoms with Crippen LogP contribution in [0, 0.1) is 12.8 Å². The van der Waals surface area contributed by atoms with Gasteiger partial charge in [0.25, 0.3) is 0 Å². The number of hydrogen-bond acceptors (Lipinski definition) is 2. The Kier molecular flexibility index (Phi) is 4.38. The van der Waals surface area contributed by atoms with Crippen LogP contribution in [0.25, 0.3) is 0 Å². The van der Waals surface area contributed by atoms with E-state index in [0.29, 0.717) is 5.92 Å². The molecule has 0 amide bonds. The van der Waals surface area contributed by atoms with Crippen LogP contribution < -0.4 is 5.73 Å². The number of aryl methyl sites for hydroxylation is 3. The highest BCUT2D eigenvalue weighted by Gasteiger charge is 2.14. The van der Waals surface area contributed by atoms with Gasteiger partial charge in [0.15, 0.2) is 0 Å². The minimum atomic E-state index is 0.0556. The Morgan fingerprint density at radius 2 is 2.11 bits per heavy atom. The zero-order chi connectivity index (χ0) is 13.8. The summed E-state index contributed by atoms with van der Waals surface area (Å²) in [6, 6.07) is 8.70. The molecule has 0 radical (unpaired) electrons. The number of nitrogens with zero attached hydrogens (tertiary/aromatic N) is 2. The molecule has 0 fully saturated rings. The molecule has 3 nitrogen and oxygen atoms in total. The van der Waals surface area contributed by atoms with Gasteiger partial charge in [-0.05, 0) is 24.8 Å². The van der Waals surface area contributed by atoms with Crippen molar-refractivity contribution in [2.45, 2.75) is 39.8 Å². The maximum absolute atomic E-state index is 6.22. The van der Waals surface area contributed by atoms with Crippen LogP contribution >= 0.6 is 0 Å².